The second kappa shape index (κ2) is 8.29. The number of hydrogen-bond acceptors (Lipinski definition) is 3. The summed E-state index contributed by atoms with van der Waals surface area (Å²) in [4.78, 5) is 0.361. The average molecular weight is 347 g/mol. The maximum absolute atomic E-state index is 12.5. The van der Waals surface area contributed by atoms with Crippen molar-refractivity contribution in [1.29, 1.82) is 0 Å². The fraction of sp³-hybridized carbons (Fsp3) is 0.625. The molecular formula is C16H27ClN2O2S. The summed E-state index contributed by atoms with van der Waals surface area (Å²) >= 11 is 0. The Bertz CT molecular complexity index is 560. The molecule has 2 N–H and O–H groups in total. The number of hydrogen-bond donors (Lipinski definition) is 2. The Morgan fingerprint density at radius 2 is 1.95 bits per heavy atom. The highest BCUT2D eigenvalue weighted by molar-refractivity contribution is 7.89. The zero-order chi connectivity index (χ0) is 15.5. The fourth-order valence-corrected chi connectivity index (χ4v) is 4.05. The molecule has 0 spiro atoms. The van der Waals surface area contributed by atoms with Crippen molar-refractivity contribution in [2.45, 2.75) is 50.5 Å². The second-order valence-corrected chi connectivity index (χ2v) is 7.79. The minimum Gasteiger partial charge on any atom is -0.316 e. The van der Waals surface area contributed by atoms with Crippen molar-refractivity contribution in [2.75, 3.05) is 13.1 Å². The van der Waals surface area contributed by atoms with Crippen LogP contribution in [0.5, 0.6) is 0 Å². The van der Waals surface area contributed by atoms with Crippen LogP contribution < -0.4 is 10.0 Å². The zero-order valence-electron chi connectivity index (χ0n) is 13.5. The van der Waals surface area contributed by atoms with Crippen molar-refractivity contribution in [1.82, 2.24) is 10.0 Å². The Hall–Kier alpha value is -0.620. The topological polar surface area (TPSA) is 58.2 Å². The molecule has 0 bridgehead atoms. The number of benzene rings is 1. The molecule has 126 valence electrons. The smallest absolute Gasteiger partial charge is 0.240 e. The van der Waals surface area contributed by atoms with Crippen LogP contribution >= 0.6 is 12.4 Å². The number of piperidine rings is 1. The number of halogens is 1. The van der Waals surface area contributed by atoms with Gasteiger partial charge in [-0.25, -0.2) is 13.1 Å². The van der Waals surface area contributed by atoms with Gasteiger partial charge in [-0.2, -0.15) is 0 Å². The molecule has 1 aliphatic rings. The maximum Gasteiger partial charge on any atom is 0.240 e. The van der Waals surface area contributed by atoms with Crippen LogP contribution in [0.25, 0.3) is 0 Å². The predicted octanol–water partition coefficient (Wildman–Crippen LogP) is 2.90. The lowest BCUT2D eigenvalue weighted by molar-refractivity contribution is 0.328. The largest absolute Gasteiger partial charge is 0.316 e. The number of nitrogens with one attached hydrogen (secondary N) is 2. The molecule has 6 heteroatoms. The van der Waals surface area contributed by atoms with E-state index < -0.39 is 10.0 Å². The van der Waals surface area contributed by atoms with Crippen molar-refractivity contribution in [3.63, 3.8) is 0 Å². The van der Waals surface area contributed by atoms with E-state index in [1.54, 1.807) is 12.1 Å². The van der Waals surface area contributed by atoms with E-state index in [1.165, 1.54) is 5.56 Å². The molecule has 0 saturated carbocycles. The normalized spacial score (nSPS) is 23.6. The fourth-order valence-electron chi connectivity index (χ4n) is 2.67. The van der Waals surface area contributed by atoms with Gasteiger partial charge in [-0.3, -0.25) is 0 Å². The molecule has 1 heterocycles. The molecule has 2 rings (SSSR count). The van der Waals surface area contributed by atoms with Crippen LogP contribution in [0.3, 0.4) is 0 Å². The molecule has 1 saturated heterocycles. The molecule has 22 heavy (non-hydrogen) atoms. The van der Waals surface area contributed by atoms with Gasteiger partial charge in [-0.05, 0) is 55.5 Å². The molecule has 1 aliphatic heterocycles. The second-order valence-electron chi connectivity index (χ2n) is 6.08. The Balaban J connectivity index is 0.00000242. The van der Waals surface area contributed by atoms with E-state index >= 15 is 0 Å². The third kappa shape index (κ3) is 4.69. The van der Waals surface area contributed by atoms with Crippen LogP contribution in [0, 0.1) is 5.92 Å². The zero-order valence-corrected chi connectivity index (χ0v) is 15.1. The summed E-state index contributed by atoms with van der Waals surface area (Å²) in [5.41, 5.74) is 1.19. The minimum atomic E-state index is -3.42. The Labute approximate surface area is 140 Å². The summed E-state index contributed by atoms with van der Waals surface area (Å²) in [5, 5.41) is 3.28. The molecule has 0 amide bonds. The molecule has 1 fully saturated rings. The molecule has 0 aliphatic carbocycles. The lowest BCUT2D eigenvalue weighted by Crippen LogP contribution is -2.48. The Morgan fingerprint density at radius 3 is 2.50 bits per heavy atom. The van der Waals surface area contributed by atoms with Gasteiger partial charge in [0.25, 0.3) is 0 Å². The molecule has 0 radical (unpaired) electrons. The highest BCUT2D eigenvalue weighted by Crippen LogP contribution is 2.21. The van der Waals surface area contributed by atoms with Crippen molar-refractivity contribution in [3.05, 3.63) is 29.8 Å². The van der Waals surface area contributed by atoms with Gasteiger partial charge in [0.2, 0.25) is 10.0 Å². The van der Waals surface area contributed by atoms with E-state index in [4.69, 9.17) is 0 Å². The van der Waals surface area contributed by atoms with E-state index in [0.717, 1.165) is 25.9 Å². The average Bonchev–Trinajstić information content (AvgIpc) is 2.49. The number of rotatable bonds is 5. The molecule has 3 unspecified atom stereocenters. The molecule has 0 aromatic heterocycles. The molecule has 1 aromatic carbocycles. The van der Waals surface area contributed by atoms with Crippen molar-refractivity contribution < 1.29 is 8.42 Å². The van der Waals surface area contributed by atoms with E-state index in [1.807, 2.05) is 12.1 Å². The summed E-state index contributed by atoms with van der Waals surface area (Å²) < 4.78 is 27.8. The summed E-state index contributed by atoms with van der Waals surface area (Å²) in [6.45, 7) is 8.09. The van der Waals surface area contributed by atoms with Gasteiger partial charge in [0, 0.05) is 6.04 Å². The third-order valence-corrected chi connectivity index (χ3v) is 5.97. The van der Waals surface area contributed by atoms with Gasteiger partial charge in [0.1, 0.15) is 0 Å². The van der Waals surface area contributed by atoms with Gasteiger partial charge in [-0.15, -0.1) is 12.4 Å². The first kappa shape index (κ1) is 19.4. The molecule has 3 atom stereocenters. The van der Waals surface area contributed by atoms with Gasteiger partial charge in [0.15, 0.2) is 0 Å². The number of sulfonamides is 1. The quantitative estimate of drug-likeness (QED) is 0.861. The van der Waals surface area contributed by atoms with Crippen LogP contribution in [-0.2, 0) is 10.0 Å². The van der Waals surface area contributed by atoms with Crippen molar-refractivity contribution >= 4 is 22.4 Å². The monoisotopic (exact) mass is 346 g/mol. The molecule has 4 nitrogen and oxygen atoms in total. The highest BCUT2D eigenvalue weighted by Gasteiger charge is 2.26. The summed E-state index contributed by atoms with van der Waals surface area (Å²) in [7, 11) is -3.42. The first-order chi connectivity index (χ1) is 9.94. The Kier molecular flexibility index (Phi) is 7.32. The van der Waals surface area contributed by atoms with Crippen LogP contribution in [0.2, 0.25) is 0 Å². The van der Waals surface area contributed by atoms with Crippen LogP contribution in [0.15, 0.2) is 29.2 Å². The van der Waals surface area contributed by atoms with E-state index in [0.29, 0.717) is 16.7 Å². The van der Waals surface area contributed by atoms with Crippen LogP contribution in [0.4, 0.5) is 0 Å². The summed E-state index contributed by atoms with van der Waals surface area (Å²) in [6, 6.07) is 7.30. The SMILES string of the molecule is CCC(C)c1ccc(S(=O)(=O)NC2CCNCC2C)cc1.Cl. The summed E-state index contributed by atoms with van der Waals surface area (Å²) in [6.07, 6.45) is 1.89. The lowest BCUT2D eigenvalue weighted by atomic mass is 9.97. The standard InChI is InChI=1S/C16H26N2O2S.ClH/c1-4-12(2)14-5-7-15(8-6-14)21(19,20)18-16-9-10-17-11-13(16)3;/h5-8,12-13,16-18H,4,9-11H2,1-3H3;1H. The van der Waals surface area contributed by atoms with E-state index in [-0.39, 0.29) is 18.4 Å². The van der Waals surface area contributed by atoms with Crippen LogP contribution in [-0.4, -0.2) is 27.5 Å². The van der Waals surface area contributed by atoms with Crippen molar-refractivity contribution in [2.24, 2.45) is 5.92 Å². The maximum atomic E-state index is 12.5. The first-order valence-electron chi connectivity index (χ1n) is 7.77. The third-order valence-electron chi connectivity index (χ3n) is 4.46. The highest BCUT2D eigenvalue weighted by atomic mass is 35.5. The van der Waals surface area contributed by atoms with E-state index in [2.05, 4.69) is 30.8 Å². The molecule has 1 aromatic rings. The molecular weight excluding hydrogens is 320 g/mol. The van der Waals surface area contributed by atoms with Gasteiger partial charge in [-0.1, -0.05) is 32.9 Å². The first-order valence-corrected chi connectivity index (χ1v) is 9.25. The Morgan fingerprint density at radius 1 is 1.32 bits per heavy atom. The summed E-state index contributed by atoms with van der Waals surface area (Å²) in [5.74, 6) is 0.770. The van der Waals surface area contributed by atoms with E-state index in [9.17, 15) is 8.42 Å². The minimum absolute atomic E-state index is 0. The van der Waals surface area contributed by atoms with Crippen molar-refractivity contribution in [3.8, 4) is 0 Å². The lowest BCUT2D eigenvalue weighted by Gasteiger charge is -2.30. The van der Waals surface area contributed by atoms with Gasteiger partial charge >= 0.3 is 0 Å². The van der Waals surface area contributed by atoms with Crippen LogP contribution in [0.1, 0.15) is 45.1 Å². The van der Waals surface area contributed by atoms with Gasteiger partial charge < -0.3 is 5.32 Å². The predicted molar refractivity (Wildman–Crippen MR) is 93.2 cm³/mol. The van der Waals surface area contributed by atoms with Gasteiger partial charge in [0.05, 0.1) is 4.90 Å².